The summed E-state index contributed by atoms with van der Waals surface area (Å²) in [6.07, 6.45) is 6.43. The van der Waals surface area contributed by atoms with Gasteiger partial charge in [0.05, 0.1) is 0 Å². The number of unbranched alkanes of at least 4 members (excludes halogenated alkanes) is 2. The smallest absolute Gasteiger partial charge is 0.219 e. The van der Waals surface area contributed by atoms with Crippen molar-refractivity contribution < 1.29 is 9.59 Å². The van der Waals surface area contributed by atoms with Crippen LogP contribution in [0.4, 0.5) is 0 Å². The van der Waals surface area contributed by atoms with Crippen LogP contribution in [-0.4, -0.2) is 36.9 Å². The topological polar surface area (TPSA) is 107 Å². The fraction of sp³-hybridized carbons (Fsp3) is 0.895. The van der Waals surface area contributed by atoms with Crippen LogP contribution < -0.4 is 10.6 Å². The van der Waals surface area contributed by atoms with Crippen molar-refractivity contribution in [2.24, 2.45) is 11.0 Å². The summed E-state index contributed by atoms with van der Waals surface area (Å²) in [6, 6.07) is 0.742. The molecule has 150 valence electrons. The predicted octanol–water partition coefficient (Wildman–Crippen LogP) is 4.13. The second-order valence-electron chi connectivity index (χ2n) is 7.23. The Labute approximate surface area is 158 Å². The van der Waals surface area contributed by atoms with Crippen LogP contribution in [0.25, 0.3) is 10.4 Å². The third kappa shape index (κ3) is 13.7. The van der Waals surface area contributed by atoms with Gasteiger partial charge in [0.25, 0.3) is 0 Å². The lowest BCUT2D eigenvalue weighted by Crippen LogP contribution is -2.37. The van der Waals surface area contributed by atoms with E-state index in [0.29, 0.717) is 43.8 Å². The van der Waals surface area contributed by atoms with Gasteiger partial charge in [0, 0.05) is 48.8 Å². The molecule has 0 aliphatic rings. The van der Waals surface area contributed by atoms with Crippen LogP contribution in [-0.2, 0) is 9.59 Å². The van der Waals surface area contributed by atoms with Crippen molar-refractivity contribution in [2.75, 3.05) is 13.1 Å². The minimum absolute atomic E-state index is 0.0601. The van der Waals surface area contributed by atoms with Crippen LogP contribution in [0, 0.1) is 5.92 Å². The van der Waals surface area contributed by atoms with E-state index >= 15 is 0 Å². The first-order valence-corrected chi connectivity index (χ1v) is 9.97. The molecule has 7 nitrogen and oxygen atoms in total. The number of hydrogen-bond acceptors (Lipinski definition) is 4. The van der Waals surface area contributed by atoms with E-state index in [1.807, 2.05) is 13.8 Å². The molecule has 2 N–H and O–H groups in total. The molecule has 0 spiro atoms. The molecular weight excluding hydrogens is 330 g/mol. The number of rotatable bonds is 16. The first-order valence-electron chi connectivity index (χ1n) is 9.97. The van der Waals surface area contributed by atoms with Crippen LogP contribution >= 0.6 is 0 Å². The van der Waals surface area contributed by atoms with Crippen molar-refractivity contribution in [3.63, 3.8) is 0 Å². The van der Waals surface area contributed by atoms with Gasteiger partial charge in [-0.05, 0) is 37.6 Å². The summed E-state index contributed by atoms with van der Waals surface area (Å²) in [7, 11) is 0. The summed E-state index contributed by atoms with van der Waals surface area (Å²) in [5, 5.41) is 9.95. The number of Topliss-reactive ketones (excluding diaryl/α,β-unsaturated/α-hetero) is 1. The standard InChI is InChI=1S/C19H37N5O2/c1-5-18(25)16(4)14-17(23-15(2)3)10-6-8-12-21-19(26)11-7-9-13-22-24-20/h15-17,23H,5-14H2,1-4H3,(H,21,26)/t16?,17-/m0/s1. The monoisotopic (exact) mass is 367 g/mol. The molecule has 0 saturated carbocycles. The molecule has 0 bridgehead atoms. The Kier molecular flexibility index (Phi) is 14.7. The van der Waals surface area contributed by atoms with E-state index in [1.54, 1.807) is 0 Å². The van der Waals surface area contributed by atoms with Crippen LogP contribution in [0.1, 0.15) is 79.1 Å². The quantitative estimate of drug-likeness (QED) is 0.185. The van der Waals surface area contributed by atoms with Gasteiger partial charge in [-0.15, -0.1) is 0 Å². The van der Waals surface area contributed by atoms with Gasteiger partial charge in [0.2, 0.25) is 5.91 Å². The molecule has 1 amide bonds. The number of hydrogen-bond donors (Lipinski definition) is 2. The van der Waals surface area contributed by atoms with Gasteiger partial charge in [-0.2, -0.15) is 0 Å². The van der Waals surface area contributed by atoms with Gasteiger partial charge in [0.15, 0.2) is 0 Å². The number of amides is 1. The highest BCUT2D eigenvalue weighted by atomic mass is 16.1. The molecule has 0 heterocycles. The molecule has 26 heavy (non-hydrogen) atoms. The van der Waals surface area contributed by atoms with E-state index in [2.05, 4.69) is 34.5 Å². The first kappa shape index (κ1) is 24.4. The first-order chi connectivity index (χ1) is 12.4. The molecule has 0 aromatic carbocycles. The maximum atomic E-state index is 11.8. The Morgan fingerprint density at radius 2 is 1.85 bits per heavy atom. The lowest BCUT2D eigenvalue weighted by atomic mass is 9.93. The molecule has 0 saturated heterocycles. The normalized spacial score (nSPS) is 13.1. The Balaban J connectivity index is 3.94. The molecule has 7 heteroatoms. The van der Waals surface area contributed by atoms with Gasteiger partial charge in [0.1, 0.15) is 5.78 Å². The molecule has 0 aliphatic heterocycles. The maximum absolute atomic E-state index is 11.8. The number of ketones is 1. The molecule has 0 aromatic heterocycles. The van der Waals surface area contributed by atoms with Crippen molar-refractivity contribution in [3.8, 4) is 0 Å². The molecule has 0 radical (unpaired) electrons. The zero-order valence-corrected chi connectivity index (χ0v) is 17.0. The Morgan fingerprint density at radius 1 is 1.12 bits per heavy atom. The Hall–Kier alpha value is -1.59. The average Bonchev–Trinajstić information content (AvgIpc) is 2.59. The van der Waals surface area contributed by atoms with E-state index in [-0.39, 0.29) is 11.8 Å². The summed E-state index contributed by atoms with van der Waals surface area (Å²) in [6.45, 7) is 9.33. The number of carbonyl (C=O) groups excluding carboxylic acids is 2. The fourth-order valence-electron chi connectivity index (χ4n) is 2.99. The lowest BCUT2D eigenvalue weighted by Gasteiger charge is -2.24. The highest BCUT2D eigenvalue weighted by Gasteiger charge is 2.18. The summed E-state index contributed by atoms with van der Waals surface area (Å²) in [4.78, 5) is 26.2. The molecule has 0 fully saturated rings. The zero-order valence-electron chi connectivity index (χ0n) is 17.0. The van der Waals surface area contributed by atoms with Gasteiger partial charge >= 0.3 is 0 Å². The third-order valence-corrected chi connectivity index (χ3v) is 4.38. The highest BCUT2D eigenvalue weighted by molar-refractivity contribution is 5.80. The molecule has 1 unspecified atom stereocenters. The molecular formula is C19H37N5O2. The molecule has 0 aromatic rings. The number of nitrogens with zero attached hydrogens (tertiary/aromatic N) is 3. The minimum Gasteiger partial charge on any atom is -0.356 e. The van der Waals surface area contributed by atoms with Crippen molar-refractivity contribution in [1.82, 2.24) is 10.6 Å². The van der Waals surface area contributed by atoms with Crippen molar-refractivity contribution in [3.05, 3.63) is 10.4 Å². The zero-order chi connectivity index (χ0) is 19.8. The second-order valence-corrected chi connectivity index (χ2v) is 7.23. The average molecular weight is 368 g/mol. The number of carbonyl (C=O) groups is 2. The van der Waals surface area contributed by atoms with Gasteiger partial charge in [-0.3, -0.25) is 9.59 Å². The lowest BCUT2D eigenvalue weighted by molar-refractivity contribution is -0.122. The van der Waals surface area contributed by atoms with Gasteiger partial charge in [-0.25, -0.2) is 0 Å². The molecule has 0 rings (SSSR count). The number of nitrogens with one attached hydrogen (secondary N) is 2. The van der Waals surface area contributed by atoms with E-state index in [0.717, 1.165) is 38.5 Å². The summed E-state index contributed by atoms with van der Waals surface area (Å²) >= 11 is 0. The van der Waals surface area contributed by atoms with Crippen molar-refractivity contribution in [1.29, 1.82) is 0 Å². The fourth-order valence-corrected chi connectivity index (χ4v) is 2.99. The van der Waals surface area contributed by atoms with E-state index in [4.69, 9.17) is 5.53 Å². The summed E-state index contributed by atoms with van der Waals surface area (Å²) < 4.78 is 0. The van der Waals surface area contributed by atoms with Crippen LogP contribution in [0.3, 0.4) is 0 Å². The van der Waals surface area contributed by atoms with Gasteiger partial charge in [-0.1, -0.05) is 39.2 Å². The number of azide groups is 1. The SMILES string of the molecule is CCC(=O)C(C)C[C@H](CCCCNC(=O)CCCCN=[N+]=[N-])NC(C)C. The van der Waals surface area contributed by atoms with E-state index in [1.165, 1.54) is 0 Å². The Bertz CT molecular complexity index is 447. The van der Waals surface area contributed by atoms with Crippen molar-refractivity contribution >= 4 is 11.7 Å². The Morgan fingerprint density at radius 3 is 2.46 bits per heavy atom. The summed E-state index contributed by atoms with van der Waals surface area (Å²) in [5.41, 5.74) is 8.17. The minimum atomic E-state index is 0.0601. The molecule has 0 aliphatic carbocycles. The summed E-state index contributed by atoms with van der Waals surface area (Å²) in [5.74, 6) is 0.486. The van der Waals surface area contributed by atoms with Gasteiger partial charge < -0.3 is 10.6 Å². The van der Waals surface area contributed by atoms with Crippen molar-refractivity contribution in [2.45, 2.75) is 91.1 Å². The second kappa shape index (κ2) is 15.6. The van der Waals surface area contributed by atoms with E-state index < -0.39 is 0 Å². The highest BCUT2D eigenvalue weighted by Crippen LogP contribution is 2.14. The molecule has 2 atom stereocenters. The largest absolute Gasteiger partial charge is 0.356 e. The van der Waals surface area contributed by atoms with Crippen LogP contribution in [0.5, 0.6) is 0 Å². The van der Waals surface area contributed by atoms with Crippen LogP contribution in [0.2, 0.25) is 0 Å². The van der Waals surface area contributed by atoms with E-state index in [9.17, 15) is 9.59 Å². The third-order valence-electron chi connectivity index (χ3n) is 4.38. The predicted molar refractivity (Wildman–Crippen MR) is 106 cm³/mol. The maximum Gasteiger partial charge on any atom is 0.219 e. The van der Waals surface area contributed by atoms with Crippen LogP contribution in [0.15, 0.2) is 5.11 Å².